The second-order valence-electron chi connectivity index (χ2n) is 9.39. The van der Waals surface area contributed by atoms with Crippen LogP contribution in [0.15, 0.2) is 60.2 Å². The molecule has 1 atom stereocenters. The number of aliphatic hydroxyl groups excluding tert-OH is 1. The molecule has 194 valence electrons. The molecule has 8 heteroatoms. The normalized spacial score (nSPS) is 18.5. The van der Waals surface area contributed by atoms with E-state index in [1.165, 1.54) is 22.2 Å². The SMILES string of the molecule is COc1ccc(OCC(O)CNC2CCC(c3ncnc4scc(-c5ccccc5)c34)CC2)cc1OC. The molecule has 0 aliphatic heterocycles. The highest BCUT2D eigenvalue weighted by Gasteiger charge is 2.26. The lowest BCUT2D eigenvalue weighted by Gasteiger charge is -2.30. The largest absolute Gasteiger partial charge is 0.493 e. The van der Waals surface area contributed by atoms with Crippen LogP contribution in [0.3, 0.4) is 0 Å². The van der Waals surface area contributed by atoms with Crippen LogP contribution in [0, 0.1) is 0 Å². The van der Waals surface area contributed by atoms with Gasteiger partial charge in [-0.1, -0.05) is 30.3 Å². The molecule has 1 aliphatic rings. The smallest absolute Gasteiger partial charge is 0.164 e. The molecule has 1 unspecified atom stereocenters. The maximum atomic E-state index is 10.5. The van der Waals surface area contributed by atoms with Gasteiger partial charge in [0.05, 0.1) is 19.9 Å². The second kappa shape index (κ2) is 11.9. The Bertz CT molecular complexity index is 1310. The first kappa shape index (κ1) is 25.4. The van der Waals surface area contributed by atoms with Crippen LogP contribution in [-0.2, 0) is 0 Å². The molecular weight excluding hydrogens is 486 g/mol. The van der Waals surface area contributed by atoms with E-state index in [9.17, 15) is 5.11 Å². The molecular formula is C29H33N3O4S. The molecule has 2 aromatic carbocycles. The highest BCUT2D eigenvalue weighted by atomic mass is 32.1. The van der Waals surface area contributed by atoms with E-state index in [1.54, 1.807) is 44.0 Å². The number of aromatic nitrogens is 2. The summed E-state index contributed by atoms with van der Waals surface area (Å²) < 4.78 is 16.3. The summed E-state index contributed by atoms with van der Waals surface area (Å²) >= 11 is 1.69. The van der Waals surface area contributed by atoms with Crippen molar-refractivity contribution in [2.24, 2.45) is 0 Å². The fourth-order valence-corrected chi connectivity index (χ4v) is 5.99. The number of ether oxygens (including phenoxy) is 3. The lowest BCUT2D eigenvalue weighted by Crippen LogP contribution is -2.39. The minimum absolute atomic E-state index is 0.206. The Labute approximate surface area is 221 Å². The molecule has 4 aromatic rings. The molecule has 0 saturated heterocycles. The first-order chi connectivity index (χ1) is 18.2. The van der Waals surface area contributed by atoms with Crippen molar-refractivity contribution >= 4 is 21.6 Å². The van der Waals surface area contributed by atoms with Crippen LogP contribution < -0.4 is 19.5 Å². The quantitative estimate of drug-likeness (QED) is 0.289. The van der Waals surface area contributed by atoms with E-state index in [0.717, 1.165) is 30.5 Å². The monoisotopic (exact) mass is 519 g/mol. The maximum absolute atomic E-state index is 10.5. The van der Waals surface area contributed by atoms with Crippen molar-refractivity contribution in [3.63, 3.8) is 0 Å². The van der Waals surface area contributed by atoms with E-state index in [1.807, 2.05) is 12.1 Å². The number of aliphatic hydroxyl groups is 1. The number of benzene rings is 2. The van der Waals surface area contributed by atoms with Gasteiger partial charge in [-0.05, 0) is 43.4 Å². The summed E-state index contributed by atoms with van der Waals surface area (Å²) in [5.74, 6) is 2.30. The molecule has 7 nitrogen and oxygen atoms in total. The van der Waals surface area contributed by atoms with Gasteiger partial charge >= 0.3 is 0 Å². The molecule has 0 radical (unpaired) electrons. The zero-order chi connectivity index (χ0) is 25.6. The second-order valence-corrected chi connectivity index (χ2v) is 10.3. The zero-order valence-corrected chi connectivity index (χ0v) is 22.0. The summed E-state index contributed by atoms with van der Waals surface area (Å²) in [4.78, 5) is 10.4. The van der Waals surface area contributed by atoms with E-state index in [2.05, 4.69) is 39.9 Å². The lowest BCUT2D eigenvalue weighted by molar-refractivity contribution is 0.101. The van der Waals surface area contributed by atoms with Gasteiger partial charge in [0.1, 0.15) is 29.6 Å². The highest BCUT2D eigenvalue weighted by Crippen LogP contribution is 2.41. The van der Waals surface area contributed by atoms with Crippen molar-refractivity contribution in [1.29, 1.82) is 0 Å². The fraction of sp³-hybridized carbons (Fsp3) is 0.379. The van der Waals surface area contributed by atoms with Crippen molar-refractivity contribution < 1.29 is 19.3 Å². The van der Waals surface area contributed by atoms with Crippen LogP contribution in [0.5, 0.6) is 17.2 Å². The van der Waals surface area contributed by atoms with E-state index in [-0.39, 0.29) is 6.61 Å². The number of nitrogens with one attached hydrogen (secondary N) is 1. The van der Waals surface area contributed by atoms with Gasteiger partial charge < -0.3 is 24.6 Å². The number of hydrogen-bond acceptors (Lipinski definition) is 8. The Kier molecular flexibility index (Phi) is 8.18. The van der Waals surface area contributed by atoms with E-state index in [4.69, 9.17) is 19.2 Å². The van der Waals surface area contributed by atoms with Crippen LogP contribution in [0.1, 0.15) is 37.3 Å². The summed E-state index contributed by atoms with van der Waals surface area (Å²) in [5.41, 5.74) is 3.62. The van der Waals surface area contributed by atoms with Crippen LogP contribution >= 0.6 is 11.3 Å². The Balaban J connectivity index is 1.14. The topological polar surface area (TPSA) is 85.7 Å². The van der Waals surface area contributed by atoms with Gasteiger partial charge in [-0.2, -0.15) is 0 Å². The molecule has 0 amide bonds. The first-order valence-electron chi connectivity index (χ1n) is 12.7. The molecule has 0 bridgehead atoms. The maximum Gasteiger partial charge on any atom is 0.164 e. The predicted molar refractivity (Wildman–Crippen MR) is 147 cm³/mol. The molecule has 37 heavy (non-hydrogen) atoms. The van der Waals surface area contributed by atoms with E-state index in [0.29, 0.717) is 35.8 Å². The number of fused-ring (bicyclic) bond motifs is 1. The molecule has 2 aromatic heterocycles. The molecule has 1 saturated carbocycles. The van der Waals surface area contributed by atoms with Gasteiger partial charge in [0.25, 0.3) is 0 Å². The Hall–Kier alpha value is -3.20. The van der Waals surface area contributed by atoms with Gasteiger partial charge in [0.2, 0.25) is 0 Å². The fourth-order valence-electron chi connectivity index (χ4n) is 5.07. The number of nitrogens with zero attached hydrogens (tertiary/aromatic N) is 2. The number of hydrogen-bond donors (Lipinski definition) is 2. The molecule has 1 aliphatic carbocycles. The standard InChI is InChI=1S/C29H33N3O4S/c1-34-25-13-12-23(14-26(25)35-2)36-16-22(33)15-30-21-10-8-20(9-11-21)28-27-24(19-6-4-3-5-7-19)17-37-29(27)32-18-31-28/h3-7,12-14,17-18,20-22,30,33H,8-11,15-16H2,1-2H3. The zero-order valence-electron chi connectivity index (χ0n) is 21.2. The summed E-state index contributed by atoms with van der Waals surface area (Å²) in [5, 5.41) is 17.4. The first-order valence-corrected chi connectivity index (χ1v) is 13.6. The molecule has 0 spiro atoms. The number of methoxy groups -OCH3 is 2. The van der Waals surface area contributed by atoms with Gasteiger partial charge in [0, 0.05) is 40.9 Å². The predicted octanol–water partition coefficient (Wildman–Crippen LogP) is 5.43. The van der Waals surface area contributed by atoms with Gasteiger partial charge in [0.15, 0.2) is 11.5 Å². The summed E-state index contributed by atoms with van der Waals surface area (Å²) in [7, 11) is 3.19. The molecule has 1 fully saturated rings. The molecule has 2 N–H and O–H groups in total. The van der Waals surface area contributed by atoms with E-state index < -0.39 is 6.10 Å². The van der Waals surface area contributed by atoms with Gasteiger partial charge in [-0.15, -0.1) is 11.3 Å². The average molecular weight is 520 g/mol. The van der Waals surface area contributed by atoms with Crippen molar-refractivity contribution in [1.82, 2.24) is 15.3 Å². The van der Waals surface area contributed by atoms with E-state index >= 15 is 0 Å². The number of thiophene rings is 1. The van der Waals surface area contributed by atoms with Crippen molar-refractivity contribution in [3.05, 3.63) is 65.9 Å². The average Bonchev–Trinajstić information content (AvgIpc) is 3.40. The summed E-state index contributed by atoms with van der Waals surface area (Å²) in [6, 6.07) is 16.2. The Morgan fingerprint density at radius 2 is 1.78 bits per heavy atom. The van der Waals surface area contributed by atoms with Crippen molar-refractivity contribution in [2.45, 2.75) is 43.7 Å². The Morgan fingerprint density at radius 3 is 2.54 bits per heavy atom. The third-order valence-electron chi connectivity index (χ3n) is 7.04. The van der Waals surface area contributed by atoms with Gasteiger partial charge in [-0.25, -0.2) is 9.97 Å². The minimum Gasteiger partial charge on any atom is -0.493 e. The van der Waals surface area contributed by atoms with Crippen LogP contribution in [0.25, 0.3) is 21.3 Å². The van der Waals surface area contributed by atoms with Crippen molar-refractivity contribution in [2.75, 3.05) is 27.4 Å². The van der Waals surface area contributed by atoms with Crippen LogP contribution in [0.4, 0.5) is 0 Å². The lowest BCUT2D eigenvalue weighted by atomic mass is 9.82. The molecule has 5 rings (SSSR count). The summed E-state index contributed by atoms with van der Waals surface area (Å²) in [6.07, 6.45) is 5.32. The Morgan fingerprint density at radius 1 is 1.00 bits per heavy atom. The van der Waals surface area contributed by atoms with Gasteiger partial charge in [-0.3, -0.25) is 0 Å². The highest BCUT2D eigenvalue weighted by molar-refractivity contribution is 7.17. The number of rotatable bonds is 10. The van der Waals surface area contributed by atoms with Crippen LogP contribution in [-0.4, -0.2) is 54.6 Å². The van der Waals surface area contributed by atoms with Crippen molar-refractivity contribution in [3.8, 4) is 28.4 Å². The minimum atomic E-state index is -0.605. The van der Waals surface area contributed by atoms with Crippen LogP contribution in [0.2, 0.25) is 0 Å². The third kappa shape index (κ3) is 5.87. The molecule has 2 heterocycles. The summed E-state index contributed by atoms with van der Waals surface area (Å²) in [6.45, 7) is 0.695. The third-order valence-corrected chi connectivity index (χ3v) is 7.92.